The van der Waals surface area contributed by atoms with E-state index in [1.165, 1.54) is 0 Å². The lowest BCUT2D eigenvalue weighted by atomic mass is 10.2. The maximum Gasteiger partial charge on any atom is 0.252 e. The van der Waals surface area contributed by atoms with Crippen molar-refractivity contribution in [1.29, 1.82) is 0 Å². The van der Waals surface area contributed by atoms with E-state index in [0.29, 0.717) is 12.1 Å². The molecule has 0 saturated carbocycles. The minimum Gasteiger partial charge on any atom is -0.352 e. The highest BCUT2D eigenvalue weighted by Gasteiger charge is 2.11. The van der Waals surface area contributed by atoms with Crippen LogP contribution in [0.15, 0.2) is 22.7 Å². The summed E-state index contributed by atoms with van der Waals surface area (Å²) in [5.41, 5.74) is 0.662. The molecule has 0 fully saturated rings. The Kier molecular flexibility index (Phi) is 6.79. The SMILES string of the molecule is CC(CCNC(=O)c1cc(Br)ccc1I)S(C)=O. The number of halogens is 2. The summed E-state index contributed by atoms with van der Waals surface area (Å²) in [6, 6.07) is 5.60. The Bertz CT molecular complexity index is 467. The summed E-state index contributed by atoms with van der Waals surface area (Å²) in [6.45, 7) is 2.47. The zero-order chi connectivity index (χ0) is 13.7. The number of carbonyl (C=O) groups excluding carboxylic acids is 1. The molecular weight excluding hydrogens is 429 g/mol. The van der Waals surface area contributed by atoms with Gasteiger partial charge in [-0.2, -0.15) is 0 Å². The Morgan fingerprint density at radius 1 is 1.56 bits per heavy atom. The molecule has 0 aromatic heterocycles. The fraction of sp³-hybridized carbons (Fsp3) is 0.417. The fourth-order valence-electron chi connectivity index (χ4n) is 1.32. The van der Waals surface area contributed by atoms with Gasteiger partial charge in [-0.1, -0.05) is 22.9 Å². The standard InChI is InChI=1S/C12H15BrINO2S/c1-8(18(2)17)5-6-15-12(16)10-7-9(13)3-4-11(10)14/h3-4,7-8H,5-6H2,1-2H3,(H,15,16). The topological polar surface area (TPSA) is 46.2 Å². The average Bonchev–Trinajstić information content (AvgIpc) is 2.31. The van der Waals surface area contributed by atoms with Crippen molar-refractivity contribution >= 4 is 55.2 Å². The quantitative estimate of drug-likeness (QED) is 0.711. The highest BCUT2D eigenvalue weighted by molar-refractivity contribution is 14.1. The van der Waals surface area contributed by atoms with Crippen LogP contribution in [0.4, 0.5) is 0 Å². The number of hydrogen-bond donors (Lipinski definition) is 1. The summed E-state index contributed by atoms with van der Waals surface area (Å²) >= 11 is 5.49. The smallest absolute Gasteiger partial charge is 0.252 e. The van der Waals surface area contributed by atoms with Crippen molar-refractivity contribution in [3.63, 3.8) is 0 Å². The van der Waals surface area contributed by atoms with Gasteiger partial charge in [0.1, 0.15) is 0 Å². The lowest BCUT2D eigenvalue weighted by Crippen LogP contribution is -2.28. The van der Waals surface area contributed by atoms with Crippen LogP contribution in [0, 0.1) is 3.57 Å². The summed E-state index contributed by atoms with van der Waals surface area (Å²) in [5.74, 6) is -0.0882. The van der Waals surface area contributed by atoms with Crippen LogP contribution in [0.25, 0.3) is 0 Å². The molecule has 18 heavy (non-hydrogen) atoms. The van der Waals surface area contributed by atoms with Crippen LogP contribution < -0.4 is 5.32 Å². The van der Waals surface area contributed by atoms with Crippen LogP contribution in [0.1, 0.15) is 23.7 Å². The predicted octanol–water partition coefficient (Wildman–Crippen LogP) is 2.94. The summed E-state index contributed by atoms with van der Waals surface area (Å²) in [5, 5.41) is 2.96. The molecule has 1 N–H and O–H groups in total. The second-order valence-electron chi connectivity index (χ2n) is 3.98. The third kappa shape index (κ3) is 4.97. The van der Waals surface area contributed by atoms with E-state index in [-0.39, 0.29) is 11.2 Å². The van der Waals surface area contributed by atoms with E-state index in [9.17, 15) is 9.00 Å². The monoisotopic (exact) mass is 443 g/mol. The van der Waals surface area contributed by atoms with Crippen molar-refractivity contribution in [2.75, 3.05) is 12.8 Å². The molecule has 3 nitrogen and oxygen atoms in total. The zero-order valence-electron chi connectivity index (χ0n) is 10.2. The van der Waals surface area contributed by atoms with Crippen LogP contribution in [0.2, 0.25) is 0 Å². The lowest BCUT2D eigenvalue weighted by molar-refractivity contribution is 0.0952. The maximum absolute atomic E-state index is 12.0. The summed E-state index contributed by atoms with van der Waals surface area (Å²) in [6.07, 6.45) is 2.41. The van der Waals surface area contributed by atoms with Gasteiger partial charge >= 0.3 is 0 Å². The van der Waals surface area contributed by atoms with E-state index in [2.05, 4.69) is 43.8 Å². The van der Waals surface area contributed by atoms with Gasteiger partial charge < -0.3 is 5.32 Å². The third-order valence-electron chi connectivity index (χ3n) is 2.58. The normalized spacial score (nSPS) is 14.0. The molecule has 0 aliphatic rings. The molecule has 100 valence electrons. The largest absolute Gasteiger partial charge is 0.352 e. The Labute approximate surface area is 132 Å². The molecule has 0 aliphatic heterocycles. The summed E-state index contributed by atoms with van der Waals surface area (Å²) in [7, 11) is -0.838. The molecule has 2 atom stereocenters. The molecule has 1 rings (SSSR count). The van der Waals surface area contributed by atoms with Gasteiger partial charge in [0.25, 0.3) is 5.91 Å². The van der Waals surface area contributed by atoms with Crippen LogP contribution in [-0.4, -0.2) is 28.2 Å². The number of nitrogens with one attached hydrogen (secondary N) is 1. The molecule has 1 aromatic carbocycles. The number of amides is 1. The van der Waals surface area contributed by atoms with Crippen molar-refractivity contribution in [1.82, 2.24) is 5.32 Å². The predicted molar refractivity (Wildman–Crippen MR) is 87.3 cm³/mol. The van der Waals surface area contributed by atoms with Crippen molar-refractivity contribution in [3.8, 4) is 0 Å². The first-order valence-corrected chi connectivity index (χ1v) is 8.96. The van der Waals surface area contributed by atoms with E-state index in [1.54, 1.807) is 12.3 Å². The van der Waals surface area contributed by atoms with Crippen molar-refractivity contribution in [2.45, 2.75) is 18.6 Å². The van der Waals surface area contributed by atoms with Crippen molar-refractivity contribution in [2.24, 2.45) is 0 Å². The van der Waals surface area contributed by atoms with Crippen LogP contribution in [-0.2, 0) is 10.8 Å². The molecule has 6 heteroatoms. The average molecular weight is 444 g/mol. The molecule has 2 unspecified atom stereocenters. The summed E-state index contributed by atoms with van der Waals surface area (Å²) < 4.78 is 13.0. The second kappa shape index (κ2) is 7.59. The van der Waals surface area contributed by atoms with E-state index in [4.69, 9.17) is 0 Å². The van der Waals surface area contributed by atoms with E-state index in [0.717, 1.165) is 14.5 Å². The Hall–Kier alpha value is 0.0500. The van der Waals surface area contributed by atoms with Gasteiger partial charge in [-0.05, 0) is 47.2 Å². The molecule has 0 radical (unpaired) electrons. The van der Waals surface area contributed by atoms with Crippen molar-refractivity contribution in [3.05, 3.63) is 31.8 Å². The lowest BCUT2D eigenvalue weighted by Gasteiger charge is -2.10. The van der Waals surface area contributed by atoms with E-state index >= 15 is 0 Å². The van der Waals surface area contributed by atoms with Crippen molar-refractivity contribution < 1.29 is 9.00 Å². The molecule has 0 bridgehead atoms. The molecule has 1 aromatic rings. The molecule has 0 heterocycles. The number of carbonyl (C=O) groups is 1. The first-order chi connectivity index (χ1) is 8.41. The second-order valence-corrected chi connectivity index (χ2v) is 7.86. The fourth-order valence-corrected chi connectivity index (χ4v) is 2.71. The first-order valence-electron chi connectivity index (χ1n) is 5.47. The Balaban J connectivity index is 2.55. The molecule has 0 spiro atoms. The number of benzene rings is 1. The number of rotatable bonds is 5. The van der Waals surface area contributed by atoms with Gasteiger partial charge in [-0.25, -0.2) is 0 Å². The van der Waals surface area contributed by atoms with Gasteiger partial charge in [-0.15, -0.1) is 0 Å². The minimum atomic E-state index is -0.838. The molecule has 0 aliphatic carbocycles. The third-order valence-corrected chi connectivity index (χ3v) is 5.38. The van der Waals surface area contributed by atoms with Gasteiger partial charge in [0.15, 0.2) is 0 Å². The van der Waals surface area contributed by atoms with Gasteiger partial charge in [0.05, 0.1) is 5.56 Å². The number of hydrogen-bond acceptors (Lipinski definition) is 2. The minimum absolute atomic E-state index is 0.0882. The van der Waals surface area contributed by atoms with Crippen LogP contribution in [0.5, 0.6) is 0 Å². The Morgan fingerprint density at radius 2 is 2.22 bits per heavy atom. The summed E-state index contributed by atoms with van der Waals surface area (Å²) in [4.78, 5) is 12.0. The van der Waals surface area contributed by atoms with Gasteiger partial charge in [0, 0.05) is 36.9 Å². The maximum atomic E-state index is 12.0. The van der Waals surface area contributed by atoms with E-state index in [1.807, 2.05) is 19.1 Å². The van der Waals surface area contributed by atoms with Crippen LogP contribution in [0.3, 0.4) is 0 Å². The first kappa shape index (κ1) is 16.1. The molecule has 1 amide bonds. The van der Waals surface area contributed by atoms with Crippen LogP contribution >= 0.6 is 38.5 Å². The zero-order valence-corrected chi connectivity index (χ0v) is 14.8. The van der Waals surface area contributed by atoms with E-state index < -0.39 is 10.8 Å². The van der Waals surface area contributed by atoms with Gasteiger partial charge in [0.2, 0.25) is 0 Å². The molecular formula is C12H15BrINO2S. The highest BCUT2D eigenvalue weighted by Crippen LogP contribution is 2.18. The molecule has 0 saturated heterocycles. The van der Waals surface area contributed by atoms with Gasteiger partial charge in [-0.3, -0.25) is 9.00 Å². The Morgan fingerprint density at radius 3 is 2.83 bits per heavy atom. The highest BCUT2D eigenvalue weighted by atomic mass is 127.